The van der Waals surface area contributed by atoms with Gasteiger partial charge in [0.2, 0.25) is 5.91 Å². The van der Waals surface area contributed by atoms with Crippen LogP contribution in [0.5, 0.6) is 0 Å². The van der Waals surface area contributed by atoms with Crippen LogP contribution < -0.4 is 10.6 Å². The van der Waals surface area contributed by atoms with E-state index in [4.69, 9.17) is 4.74 Å². The monoisotopic (exact) mass is 266 g/mol. The van der Waals surface area contributed by atoms with Crippen LogP contribution in [-0.2, 0) is 9.53 Å². The van der Waals surface area contributed by atoms with E-state index in [-0.39, 0.29) is 18.3 Å². The van der Waals surface area contributed by atoms with Crippen molar-refractivity contribution < 1.29 is 13.9 Å². The van der Waals surface area contributed by atoms with Crippen LogP contribution in [0.2, 0.25) is 0 Å². The van der Waals surface area contributed by atoms with Gasteiger partial charge in [-0.05, 0) is 43.5 Å². The van der Waals surface area contributed by atoms with Crippen molar-refractivity contribution in [2.24, 2.45) is 5.92 Å². The summed E-state index contributed by atoms with van der Waals surface area (Å²) in [7, 11) is 0. The Kier molecular flexibility index (Phi) is 5.30. The molecule has 19 heavy (non-hydrogen) atoms. The van der Waals surface area contributed by atoms with E-state index in [0.717, 1.165) is 25.9 Å². The van der Waals surface area contributed by atoms with Gasteiger partial charge in [-0.1, -0.05) is 6.07 Å². The number of halogens is 1. The first-order valence-corrected chi connectivity index (χ1v) is 6.58. The summed E-state index contributed by atoms with van der Waals surface area (Å²) in [6, 6.07) is 5.82. The molecule has 1 saturated heterocycles. The number of anilines is 1. The molecule has 4 nitrogen and oxygen atoms in total. The summed E-state index contributed by atoms with van der Waals surface area (Å²) in [6.07, 6.45) is 2.29. The van der Waals surface area contributed by atoms with Crippen LogP contribution in [0.3, 0.4) is 0 Å². The van der Waals surface area contributed by atoms with Crippen LogP contribution in [0, 0.1) is 11.7 Å². The molecule has 1 aromatic carbocycles. The Morgan fingerprint density at radius 2 is 2.42 bits per heavy atom. The summed E-state index contributed by atoms with van der Waals surface area (Å²) >= 11 is 0. The van der Waals surface area contributed by atoms with E-state index in [1.165, 1.54) is 12.1 Å². The van der Waals surface area contributed by atoms with Crippen molar-refractivity contribution in [2.45, 2.75) is 12.8 Å². The number of hydrogen-bond acceptors (Lipinski definition) is 3. The SMILES string of the molecule is O=C(COCC1CCCNC1)Nc1cccc(F)c1. The standard InChI is InChI=1S/C14H19FN2O2/c15-12-4-1-5-13(7-12)17-14(18)10-19-9-11-3-2-6-16-8-11/h1,4-5,7,11,16H,2-3,6,8-10H2,(H,17,18). The fraction of sp³-hybridized carbons (Fsp3) is 0.500. The fourth-order valence-electron chi connectivity index (χ4n) is 2.15. The molecule has 2 N–H and O–H groups in total. The maximum absolute atomic E-state index is 12.9. The van der Waals surface area contributed by atoms with E-state index in [1.807, 2.05) is 0 Å². The Morgan fingerprint density at radius 1 is 1.53 bits per heavy atom. The summed E-state index contributed by atoms with van der Waals surface area (Å²) in [6.45, 7) is 2.61. The first-order valence-electron chi connectivity index (χ1n) is 6.58. The predicted octanol–water partition coefficient (Wildman–Crippen LogP) is 1.78. The minimum absolute atomic E-state index is 0.00696. The average molecular weight is 266 g/mol. The molecule has 0 saturated carbocycles. The van der Waals surface area contributed by atoms with E-state index in [1.54, 1.807) is 12.1 Å². The lowest BCUT2D eigenvalue weighted by atomic mass is 10.0. The van der Waals surface area contributed by atoms with Gasteiger partial charge in [0.15, 0.2) is 0 Å². The molecule has 5 heteroatoms. The Labute approximate surface area is 112 Å². The smallest absolute Gasteiger partial charge is 0.250 e. The largest absolute Gasteiger partial charge is 0.371 e. The lowest BCUT2D eigenvalue weighted by molar-refractivity contribution is -0.121. The van der Waals surface area contributed by atoms with Crippen LogP contribution in [0.4, 0.5) is 10.1 Å². The third-order valence-electron chi connectivity index (χ3n) is 3.09. The lowest BCUT2D eigenvalue weighted by Crippen LogP contribution is -2.33. The van der Waals surface area contributed by atoms with Crippen molar-refractivity contribution in [3.05, 3.63) is 30.1 Å². The molecule has 1 aliphatic heterocycles. The van der Waals surface area contributed by atoms with Crippen LogP contribution in [0.25, 0.3) is 0 Å². The van der Waals surface area contributed by atoms with Gasteiger partial charge in [-0.3, -0.25) is 4.79 Å². The molecule has 1 aromatic rings. The molecule has 0 radical (unpaired) electrons. The van der Waals surface area contributed by atoms with Crippen molar-refractivity contribution in [1.29, 1.82) is 0 Å². The number of hydrogen-bond donors (Lipinski definition) is 2. The summed E-state index contributed by atoms with van der Waals surface area (Å²) in [5, 5.41) is 5.90. The van der Waals surface area contributed by atoms with Crippen molar-refractivity contribution in [3.8, 4) is 0 Å². The van der Waals surface area contributed by atoms with E-state index in [0.29, 0.717) is 18.2 Å². The molecule has 2 rings (SSSR count). The van der Waals surface area contributed by atoms with E-state index in [2.05, 4.69) is 10.6 Å². The van der Waals surface area contributed by atoms with Gasteiger partial charge in [0.05, 0.1) is 6.61 Å². The second-order valence-electron chi connectivity index (χ2n) is 4.79. The number of nitrogens with one attached hydrogen (secondary N) is 2. The Hall–Kier alpha value is -1.46. The molecule has 0 aliphatic carbocycles. The average Bonchev–Trinajstić information content (AvgIpc) is 2.40. The molecular formula is C14H19FN2O2. The van der Waals surface area contributed by atoms with Crippen LogP contribution >= 0.6 is 0 Å². The zero-order chi connectivity index (χ0) is 13.5. The molecular weight excluding hydrogens is 247 g/mol. The van der Waals surface area contributed by atoms with E-state index in [9.17, 15) is 9.18 Å². The molecule has 1 fully saturated rings. The zero-order valence-corrected chi connectivity index (χ0v) is 10.8. The molecule has 0 aromatic heterocycles. The van der Waals surface area contributed by atoms with Gasteiger partial charge in [0, 0.05) is 12.2 Å². The molecule has 1 amide bonds. The van der Waals surface area contributed by atoms with Gasteiger partial charge in [0.1, 0.15) is 12.4 Å². The van der Waals surface area contributed by atoms with Gasteiger partial charge in [-0.25, -0.2) is 4.39 Å². The minimum atomic E-state index is -0.369. The topological polar surface area (TPSA) is 50.4 Å². The second kappa shape index (κ2) is 7.21. The van der Waals surface area contributed by atoms with Gasteiger partial charge in [-0.2, -0.15) is 0 Å². The summed E-state index contributed by atoms with van der Waals surface area (Å²) in [5.41, 5.74) is 0.452. The van der Waals surface area contributed by atoms with Crippen molar-refractivity contribution in [2.75, 3.05) is 31.6 Å². The molecule has 0 spiro atoms. The third-order valence-corrected chi connectivity index (χ3v) is 3.09. The van der Waals surface area contributed by atoms with Gasteiger partial charge >= 0.3 is 0 Å². The Morgan fingerprint density at radius 3 is 3.16 bits per heavy atom. The molecule has 104 valence electrons. The summed E-state index contributed by atoms with van der Waals surface area (Å²) < 4.78 is 18.3. The van der Waals surface area contributed by atoms with Crippen molar-refractivity contribution in [3.63, 3.8) is 0 Å². The van der Waals surface area contributed by atoms with Crippen LogP contribution in [-0.4, -0.2) is 32.2 Å². The first kappa shape index (κ1) is 14.0. The van der Waals surface area contributed by atoms with Crippen LogP contribution in [0.15, 0.2) is 24.3 Å². The Balaban J connectivity index is 1.67. The molecule has 1 atom stereocenters. The molecule has 1 aliphatic rings. The number of ether oxygens (including phenoxy) is 1. The lowest BCUT2D eigenvalue weighted by Gasteiger charge is -2.22. The quantitative estimate of drug-likeness (QED) is 0.854. The minimum Gasteiger partial charge on any atom is -0.371 e. The maximum atomic E-state index is 12.9. The Bertz CT molecular complexity index is 420. The normalized spacial score (nSPS) is 19.1. The van der Waals surface area contributed by atoms with Gasteiger partial charge in [0.25, 0.3) is 0 Å². The second-order valence-corrected chi connectivity index (χ2v) is 4.79. The number of carbonyl (C=O) groups excluding carboxylic acids is 1. The van der Waals surface area contributed by atoms with E-state index >= 15 is 0 Å². The maximum Gasteiger partial charge on any atom is 0.250 e. The third kappa shape index (κ3) is 4.96. The summed E-state index contributed by atoms with van der Waals surface area (Å²) in [5.74, 6) is -0.142. The van der Waals surface area contributed by atoms with E-state index < -0.39 is 0 Å². The predicted molar refractivity (Wildman–Crippen MR) is 71.4 cm³/mol. The number of rotatable bonds is 5. The highest BCUT2D eigenvalue weighted by Gasteiger charge is 2.13. The highest BCUT2D eigenvalue weighted by molar-refractivity contribution is 5.91. The number of piperidine rings is 1. The highest BCUT2D eigenvalue weighted by atomic mass is 19.1. The van der Waals surface area contributed by atoms with Crippen molar-refractivity contribution in [1.82, 2.24) is 5.32 Å². The van der Waals surface area contributed by atoms with Gasteiger partial charge in [-0.15, -0.1) is 0 Å². The first-order chi connectivity index (χ1) is 9.24. The zero-order valence-electron chi connectivity index (χ0n) is 10.8. The summed E-state index contributed by atoms with van der Waals surface area (Å²) in [4.78, 5) is 11.6. The number of amides is 1. The van der Waals surface area contributed by atoms with Crippen molar-refractivity contribution >= 4 is 11.6 Å². The molecule has 0 bridgehead atoms. The highest BCUT2D eigenvalue weighted by Crippen LogP contribution is 2.11. The fourth-order valence-corrected chi connectivity index (χ4v) is 2.15. The number of carbonyl (C=O) groups is 1. The molecule has 1 heterocycles. The van der Waals surface area contributed by atoms with Crippen LogP contribution in [0.1, 0.15) is 12.8 Å². The number of benzene rings is 1. The molecule has 1 unspecified atom stereocenters. The van der Waals surface area contributed by atoms with Gasteiger partial charge < -0.3 is 15.4 Å².